The van der Waals surface area contributed by atoms with Crippen molar-refractivity contribution in [3.05, 3.63) is 0 Å². The molecule has 2 aliphatic heterocycles. The highest BCUT2D eigenvalue weighted by Gasteiger charge is 2.28. The highest BCUT2D eigenvalue weighted by molar-refractivity contribution is 7.99. The number of amides is 1. The molecule has 2 fully saturated rings. The van der Waals surface area contributed by atoms with Crippen molar-refractivity contribution in [1.29, 1.82) is 0 Å². The minimum Gasteiger partial charge on any atom is -0.340 e. The van der Waals surface area contributed by atoms with Crippen LogP contribution in [0.15, 0.2) is 0 Å². The van der Waals surface area contributed by atoms with Gasteiger partial charge in [-0.3, -0.25) is 4.79 Å². The number of rotatable bonds is 4. The molecule has 2 atom stereocenters. The Bertz CT molecular complexity index is 313. The number of hydrogen-bond acceptors (Lipinski definition) is 4. The van der Waals surface area contributed by atoms with Crippen molar-refractivity contribution in [2.24, 2.45) is 5.92 Å². The molecule has 0 radical (unpaired) electrons. The number of hydrogen-bond donors (Lipinski definition) is 1. The van der Waals surface area contributed by atoms with Crippen LogP contribution in [0.4, 0.5) is 0 Å². The van der Waals surface area contributed by atoms with E-state index in [2.05, 4.69) is 22.0 Å². The van der Waals surface area contributed by atoms with Crippen LogP contribution in [-0.2, 0) is 4.79 Å². The van der Waals surface area contributed by atoms with Crippen LogP contribution in [0.2, 0.25) is 0 Å². The molecule has 0 aliphatic carbocycles. The topological polar surface area (TPSA) is 35.6 Å². The zero-order chi connectivity index (χ0) is 14.4. The molecule has 0 saturated carbocycles. The van der Waals surface area contributed by atoms with Crippen LogP contribution in [-0.4, -0.2) is 73.0 Å². The van der Waals surface area contributed by atoms with Crippen molar-refractivity contribution in [3.8, 4) is 0 Å². The van der Waals surface area contributed by atoms with Crippen LogP contribution in [0.3, 0.4) is 0 Å². The lowest BCUT2D eigenvalue weighted by Gasteiger charge is -2.30. The molecule has 2 rings (SSSR count). The Kier molecular flexibility index (Phi) is 6.65. The zero-order valence-electron chi connectivity index (χ0n) is 12.9. The predicted octanol–water partition coefficient (Wildman–Crippen LogP) is 1.27. The first-order valence-electron chi connectivity index (χ1n) is 8.00. The first-order chi connectivity index (χ1) is 9.74. The number of thioether (sulfide) groups is 1. The standard InChI is InChI=1S/C15H29N3OS/c1-3-17-7-5-4-6-13(10-17)11-18-8-9-20-12-14(16-2)15(18)19/h13-14,16H,3-12H2,1-2H3. The summed E-state index contributed by atoms with van der Waals surface area (Å²) in [4.78, 5) is 17.2. The third-order valence-electron chi connectivity index (χ3n) is 4.53. The molecule has 4 nitrogen and oxygen atoms in total. The maximum atomic E-state index is 12.5. The quantitative estimate of drug-likeness (QED) is 0.848. The van der Waals surface area contributed by atoms with Crippen molar-refractivity contribution < 1.29 is 4.79 Å². The molecule has 0 aromatic carbocycles. The van der Waals surface area contributed by atoms with E-state index in [1.807, 2.05) is 18.8 Å². The van der Waals surface area contributed by atoms with Gasteiger partial charge >= 0.3 is 0 Å². The van der Waals surface area contributed by atoms with Crippen molar-refractivity contribution in [3.63, 3.8) is 0 Å². The minimum absolute atomic E-state index is 0.00977. The van der Waals surface area contributed by atoms with Crippen LogP contribution in [0.5, 0.6) is 0 Å². The van der Waals surface area contributed by atoms with E-state index in [0.29, 0.717) is 11.8 Å². The van der Waals surface area contributed by atoms with Gasteiger partial charge in [0.1, 0.15) is 0 Å². The smallest absolute Gasteiger partial charge is 0.240 e. The van der Waals surface area contributed by atoms with Gasteiger partial charge in [0.15, 0.2) is 0 Å². The van der Waals surface area contributed by atoms with Crippen molar-refractivity contribution in [2.75, 3.05) is 51.3 Å². The van der Waals surface area contributed by atoms with Gasteiger partial charge < -0.3 is 15.1 Å². The summed E-state index contributed by atoms with van der Waals surface area (Å²) in [6.45, 7) is 7.65. The Hall–Kier alpha value is -0.260. The monoisotopic (exact) mass is 299 g/mol. The van der Waals surface area contributed by atoms with Crippen LogP contribution in [0.25, 0.3) is 0 Å². The number of carbonyl (C=O) groups excluding carboxylic acids is 1. The van der Waals surface area contributed by atoms with E-state index in [0.717, 1.165) is 37.7 Å². The van der Waals surface area contributed by atoms with E-state index < -0.39 is 0 Å². The molecule has 0 aromatic heterocycles. The van der Waals surface area contributed by atoms with Gasteiger partial charge in [0.25, 0.3) is 0 Å². The van der Waals surface area contributed by atoms with E-state index in [1.54, 1.807) is 0 Å². The maximum absolute atomic E-state index is 12.5. The molecule has 2 saturated heterocycles. The number of nitrogens with zero attached hydrogens (tertiary/aromatic N) is 2. The summed E-state index contributed by atoms with van der Waals surface area (Å²) in [7, 11) is 1.90. The normalized spacial score (nSPS) is 30.1. The molecule has 0 aromatic rings. The highest BCUT2D eigenvalue weighted by atomic mass is 32.2. The zero-order valence-corrected chi connectivity index (χ0v) is 13.8. The van der Waals surface area contributed by atoms with Crippen LogP contribution < -0.4 is 5.32 Å². The summed E-state index contributed by atoms with van der Waals surface area (Å²) in [5, 5.41) is 3.17. The Morgan fingerprint density at radius 2 is 2.20 bits per heavy atom. The second-order valence-corrected chi connectivity index (χ2v) is 7.11. The summed E-state index contributed by atoms with van der Waals surface area (Å²) in [6, 6.07) is 0.00977. The second-order valence-electron chi connectivity index (χ2n) is 5.96. The molecule has 2 heterocycles. The number of carbonyl (C=O) groups is 1. The van der Waals surface area contributed by atoms with Gasteiger partial charge in [-0.15, -0.1) is 0 Å². The van der Waals surface area contributed by atoms with E-state index in [1.165, 1.54) is 25.8 Å². The maximum Gasteiger partial charge on any atom is 0.240 e. The lowest BCUT2D eigenvalue weighted by atomic mass is 10.0. The average molecular weight is 299 g/mol. The molecule has 5 heteroatoms. The Labute approximate surface area is 127 Å². The third kappa shape index (κ3) is 4.37. The Balaban J connectivity index is 1.94. The molecule has 0 bridgehead atoms. The number of likely N-dealkylation sites (tertiary alicyclic amines) is 1. The van der Waals surface area contributed by atoms with Gasteiger partial charge in [0, 0.05) is 31.1 Å². The number of likely N-dealkylation sites (N-methyl/N-ethyl adjacent to an activating group) is 1. The van der Waals surface area contributed by atoms with Gasteiger partial charge in [-0.05, 0) is 38.9 Å². The molecule has 2 aliphatic rings. The van der Waals surface area contributed by atoms with E-state index >= 15 is 0 Å². The van der Waals surface area contributed by atoms with Crippen LogP contribution >= 0.6 is 11.8 Å². The molecular formula is C15H29N3OS. The summed E-state index contributed by atoms with van der Waals surface area (Å²) in [5.41, 5.74) is 0. The molecular weight excluding hydrogens is 270 g/mol. The van der Waals surface area contributed by atoms with Gasteiger partial charge in [-0.2, -0.15) is 11.8 Å². The number of nitrogens with one attached hydrogen (secondary N) is 1. The van der Waals surface area contributed by atoms with Crippen LogP contribution in [0, 0.1) is 5.92 Å². The van der Waals surface area contributed by atoms with Gasteiger partial charge in [0.05, 0.1) is 6.04 Å². The fourth-order valence-corrected chi connectivity index (χ4v) is 4.29. The molecule has 116 valence electrons. The highest BCUT2D eigenvalue weighted by Crippen LogP contribution is 2.20. The molecule has 20 heavy (non-hydrogen) atoms. The van der Waals surface area contributed by atoms with Gasteiger partial charge in [0.2, 0.25) is 5.91 Å². The van der Waals surface area contributed by atoms with Crippen molar-refractivity contribution in [1.82, 2.24) is 15.1 Å². The fraction of sp³-hybridized carbons (Fsp3) is 0.933. The Morgan fingerprint density at radius 1 is 1.35 bits per heavy atom. The molecule has 0 spiro atoms. The van der Waals surface area contributed by atoms with E-state index in [4.69, 9.17) is 0 Å². The summed E-state index contributed by atoms with van der Waals surface area (Å²) in [5.74, 6) is 2.96. The largest absolute Gasteiger partial charge is 0.340 e. The summed E-state index contributed by atoms with van der Waals surface area (Å²) < 4.78 is 0. The van der Waals surface area contributed by atoms with Gasteiger partial charge in [-0.25, -0.2) is 0 Å². The van der Waals surface area contributed by atoms with Gasteiger partial charge in [-0.1, -0.05) is 13.3 Å². The first-order valence-corrected chi connectivity index (χ1v) is 9.16. The lowest BCUT2D eigenvalue weighted by molar-refractivity contribution is -0.133. The second kappa shape index (κ2) is 8.25. The predicted molar refractivity (Wildman–Crippen MR) is 86.2 cm³/mol. The first kappa shape index (κ1) is 16.1. The third-order valence-corrected chi connectivity index (χ3v) is 5.57. The SMILES string of the molecule is CCN1CCCCC(CN2CCSCC(NC)C2=O)C1. The fourth-order valence-electron chi connectivity index (χ4n) is 3.23. The van der Waals surface area contributed by atoms with Crippen molar-refractivity contribution in [2.45, 2.75) is 32.2 Å². The minimum atomic E-state index is 0.00977. The van der Waals surface area contributed by atoms with Crippen molar-refractivity contribution >= 4 is 17.7 Å². The Morgan fingerprint density at radius 3 is 2.95 bits per heavy atom. The van der Waals surface area contributed by atoms with E-state index in [9.17, 15) is 4.79 Å². The lowest BCUT2D eigenvalue weighted by Crippen LogP contribution is -2.48. The van der Waals surface area contributed by atoms with E-state index in [-0.39, 0.29) is 6.04 Å². The van der Waals surface area contributed by atoms with Crippen LogP contribution in [0.1, 0.15) is 26.2 Å². The molecule has 1 N–H and O–H groups in total. The summed E-state index contributed by atoms with van der Waals surface area (Å²) >= 11 is 1.89. The summed E-state index contributed by atoms with van der Waals surface area (Å²) in [6.07, 6.45) is 3.90. The average Bonchev–Trinajstić information content (AvgIpc) is 2.79. The molecule has 2 unspecified atom stereocenters. The molecule has 1 amide bonds.